The van der Waals surface area contributed by atoms with Gasteiger partial charge in [-0.15, -0.1) is 0 Å². The molecule has 21 heavy (non-hydrogen) atoms. The Labute approximate surface area is 131 Å². The average Bonchev–Trinajstić information content (AvgIpc) is 2.42. The van der Waals surface area contributed by atoms with E-state index < -0.39 is 15.8 Å². The molecule has 1 aromatic carbocycles. The molecule has 0 saturated heterocycles. The van der Waals surface area contributed by atoms with Crippen molar-refractivity contribution >= 4 is 31.6 Å². The molecule has 0 unspecified atom stereocenters. The van der Waals surface area contributed by atoms with Crippen LogP contribution in [0.5, 0.6) is 0 Å². The fraction of sp³-hybridized carbons (Fsp3) is 0.538. The number of hydrogen-bond acceptors (Lipinski definition) is 4. The maximum absolute atomic E-state index is 13.3. The maximum Gasteiger partial charge on any atom is 0.241 e. The first-order valence-electron chi connectivity index (χ1n) is 6.72. The normalized spacial score (nSPS) is 23.2. The number of nitrogens with two attached hydrogens (primary N) is 1. The smallest absolute Gasteiger partial charge is 0.241 e. The molecule has 2 rings (SSSR count). The number of aliphatic hydroxyl groups excluding tert-OH is 1. The van der Waals surface area contributed by atoms with Gasteiger partial charge in [-0.25, -0.2) is 17.5 Å². The van der Waals surface area contributed by atoms with Crippen LogP contribution in [0.1, 0.15) is 25.7 Å². The van der Waals surface area contributed by atoms with Crippen molar-refractivity contribution in [3.8, 4) is 0 Å². The van der Waals surface area contributed by atoms with Gasteiger partial charge in [0.2, 0.25) is 10.0 Å². The van der Waals surface area contributed by atoms with Crippen LogP contribution in [0.4, 0.5) is 10.1 Å². The molecule has 1 fully saturated rings. The topological polar surface area (TPSA) is 92.4 Å². The minimum Gasteiger partial charge on any atom is -0.396 e. The highest BCUT2D eigenvalue weighted by molar-refractivity contribution is 9.10. The molecule has 1 saturated carbocycles. The first kappa shape index (κ1) is 16.7. The fourth-order valence-corrected chi connectivity index (χ4v) is 4.57. The minimum absolute atomic E-state index is 0.0720. The zero-order valence-electron chi connectivity index (χ0n) is 11.4. The van der Waals surface area contributed by atoms with Crippen LogP contribution in [0.25, 0.3) is 0 Å². The summed E-state index contributed by atoms with van der Waals surface area (Å²) in [6.07, 6.45) is 2.69. The van der Waals surface area contributed by atoms with Crippen molar-refractivity contribution < 1.29 is 17.9 Å². The van der Waals surface area contributed by atoms with Gasteiger partial charge in [0.1, 0.15) is 5.82 Å². The largest absolute Gasteiger partial charge is 0.396 e. The molecule has 0 amide bonds. The summed E-state index contributed by atoms with van der Waals surface area (Å²) in [6, 6.07) is 2.15. The molecule has 0 aliphatic heterocycles. The molecule has 0 radical (unpaired) electrons. The molecular formula is C13H18BrFN2O3S. The van der Waals surface area contributed by atoms with E-state index in [0.717, 1.165) is 25.0 Å². The van der Waals surface area contributed by atoms with E-state index in [1.165, 1.54) is 0 Å². The van der Waals surface area contributed by atoms with Gasteiger partial charge in [0.05, 0.1) is 16.7 Å². The number of hydrogen-bond donors (Lipinski definition) is 3. The number of nitrogens with one attached hydrogen (secondary N) is 1. The van der Waals surface area contributed by atoms with Crippen molar-refractivity contribution in [2.24, 2.45) is 5.92 Å². The van der Waals surface area contributed by atoms with Gasteiger partial charge in [-0.2, -0.15) is 0 Å². The first-order chi connectivity index (χ1) is 9.79. The Morgan fingerprint density at radius 2 is 1.95 bits per heavy atom. The van der Waals surface area contributed by atoms with E-state index >= 15 is 0 Å². The third kappa shape index (κ3) is 4.15. The third-order valence-corrected chi connectivity index (χ3v) is 6.10. The molecule has 1 aliphatic carbocycles. The number of anilines is 1. The van der Waals surface area contributed by atoms with Crippen molar-refractivity contribution in [1.82, 2.24) is 4.72 Å². The molecule has 0 atom stereocenters. The monoisotopic (exact) mass is 380 g/mol. The summed E-state index contributed by atoms with van der Waals surface area (Å²) in [5.41, 5.74) is 5.22. The minimum atomic E-state index is -3.75. The lowest BCUT2D eigenvalue weighted by atomic mass is 9.88. The van der Waals surface area contributed by atoms with E-state index in [0.29, 0.717) is 19.4 Å². The molecule has 1 aromatic rings. The summed E-state index contributed by atoms with van der Waals surface area (Å²) in [6.45, 7) is 0.304. The molecule has 4 N–H and O–H groups in total. The van der Waals surface area contributed by atoms with E-state index in [1.807, 2.05) is 0 Å². The van der Waals surface area contributed by atoms with Gasteiger partial charge < -0.3 is 10.8 Å². The molecule has 0 bridgehead atoms. The van der Waals surface area contributed by atoms with E-state index in [9.17, 15) is 17.9 Å². The van der Waals surface area contributed by atoms with Gasteiger partial charge >= 0.3 is 0 Å². The second kappa shape index (κ2) is 6.60. The number of halogens is 2. The van der Waals surface area contributed by atoms with Crippen LogP contribution >= 0.6 is 15.9 Å². The van der Waals surface area contributed by atoms with Crippen LogP contribution in [-0.2, 0) is 10.0 Å². The Morgan fingerprint density at radius 1 is 1.33 bits per heavy atom. The third-order valence-electron chi connectivity index (χ3n) is 3.72. The zero-order chi connectivity index (χ0) is 15.6. The molecule has 0 spiro atoms. The van der Waals surface area contributed by atoms with Gasteiger partial charge in [-0.05, 0) is 59.7 Å². The molecule has 5 nitrogen and oxygen atoms in total. The predicted molar refractivity (Wildman–Crippen MR) is 81.7 cm³/mol. The standard InChI is InChI=1S/C13H18BrFN2O3S/c14-10-5-11(15)12(16)6-13(10)21(19,20)17-7-8-1-3-9(18)4-2-8/h5-6,8-9,17-18H,1-4,7,16H2. The quantitative estimate of drug-likeness (QED) is 0.696. The van der Waals surface area contributed by atoms with E-state index in [2.05, 4.69) is 20.7 Å². The van der Waals surface area contributed by atoms with Crippen molar-refractivity contribution in [1.29, 1.82) is 0 Å². The number of nitrogen functional groups attached to an aromatic ring is 1. The molecule has 0 heterocycles. The van der Waals surface area contributed by atoms with Gasteiger partial charge in [0.25, 0.3) is 0 Å². The number of benzene rings is 1. The summed E-state index contributed by atoms with van der Waals surface area (Å²) in [5, 5.41) is 9.43. The number of rotatable bonds is 4. The second-order valence-electron chi connectivity index (χ2n) is 5.33. The first-order valence-corrected chi connectivity index (χ1v) is 8.99. The van der Waals surface area contributed by atoms with Crippen LogP contribution in [0.3, 0.4) is 0 Å². The van der Waals surface area contributed by atoms with Gasteiger partial charge in [-0.3, -0.25) is 0 Å². The number of sulfonamides is 1. The lowest BCUT2D eigenvalue weighted by Gasteiger charge is -2.25. The molecule has 0 aromatic heterocycles. The van der Waals surface area contributed by atoms with Crippen LogP contribution in [0, 0.1) is 11.7 Å². The molecule has 118 valence electrons. The summed E-state index contributed by atoms with van der Waals surface area (Å²) < 4.78 is 40.4. The van der Waals surface area contributed by atoms with Crippen LogP contribution in [-0.4, -0.2) is 26.2 Å². The van der Waals surface area contributed by atoms with E-state index in [4.69, 9.17) is 5.73 Å². The molecule has 1 aliphatic rings. The Hall–Kier alpha value is -0.700. The Kier molecular flexibility index (Phi) is 5.24. The van der Waals surface area contributed by atoms with Crippen LogP contribution < -0.4 is 10.5 Å². The lowest BCUT2D eigenvalue weighted by molar-refractivity contribution is 0.109. The SMILES string of the molecule is Nc1cc(S(=O)(=O)NCC2CCC(O)CC2)c(Br)cc1F. The predicted octanol–water partition coefficient (Wildman–Crippen LogP) is 2.00. The van der Waals surface area contributed by atoms with E-state index in [1.54, 1.807) is 0 Å². The Balaban J connectivity index is 2.07. The Morgan fingerprint density at radius 3 is 2.57 bits per heavy atom. The van der Waals surface area contributed by atoms with Crippen LogP contribution in [0.15, 0.2) is 21.5 Å². The van der Waals surface area contributed by atoms with Crippen molar-refractivity contribution in [2.45, 2.75) is 36.7 Å². The van der Waals surface area contributed by atoms with Crippen molar-refractivity contribution in [3.63, 3.8) is 0 Å². The van der Waals surface area contributed by atoms with Gasteiger partial charge in [0, 0.05) is 11.0 Å². The van der Waals surface area contributed by atoms with Crippen LogP contribution in [0.2, 0.25) is 0 Å². The van der Waals surface area contributed by atoms with Gasteiger partial charge in [-0.1, -0.05) is 0 Å². The molecule has 8 heteroatoms. The average molecular weight is 381 g/mol. The van der Waals surface area contributed by atoms with Crippen molar-refractivity contribution in [3.05, 3.63) is 22.4 Å². The number of aliphatic hydroxyl groups is 1. The van der Waals surface area contributed by atoms with Gasteiger partial charge in [0.15, 0.2) is 0 Å². The summed E-state index contributed by atoms with van der Waals surface area (Å²) in [5.74, 6) is -0.457. The lowest BCUT2D eigenvalue weighted by Crippen LogP contribution is -2.32. The van der Waals surface area contributed by atoms with Crippen molar-refractivity contribution in [2.75, 3.05) is 12.3 Å². The highest BCUT2D eigenvalue weighted by Crippen LogP contribution is 2.28. The maximum atomic E-state index is 13.3. The molecular weight excluding hydrogens is 363 g/mol. The highest BCUT2D eigenvalue weighted by Gasteiger charge is 2.24. The fourth-order valence-electron chi connectivity index (χ4n) is 2.41. The summed E-state index contributed by atoms with van der Waals surface area (Å²) >= 11 is 3.04. The summed E-state index contributed by atoms with van der Waals surface area (Å²) in [7, 11) is -3.75. The summed E-state index contributed by atoms with van der Waals surface area (Å²) in [4.78, 5) is -0.0720. The second-order valence-corrected chi connectivity index (χ2v) is 7.92. The highest BCUT2D eigenvalue weighted by atomic mass is 79.9. The Bertz CT molecular complexity index is 616. The van der Waals surface area contributed by atoms with E-state index in [-0.39, 0.29) is 27.1 Å². The zero-order valence-corrected chi connectivity index (χ0v) is 13.8.